The number of hydrogen-bond donors (Lipinski definition) is 1. The molecule has 2 aliphatic heterocycles. The summed E-state index contributed by atoms with van der Waals surface area (Å²) in [6.07, 6.45) is 5.52. The fourth-order valence-electron chi connectivity index (χ4n) is 4.77. The van der Waals surface area contributed by atoms with E-state index in [2.05, 4.69) is 15.5 Å². The molecule has 1 spiro atoms. The maximum absolute atomic E-state index is 13.6. The van der Waals surface area contributed by atoms with Crippen LogP contribution in [0, 0.1) is 5.41 Å². The third kappa shape index (κ3) is 3.60. The fraction of sp³-hybridized carbons (Fsp3) is 0.360. The highest BCUT2D eigenvalue weighted by molar-refractivity contribution is 6.01. The summed E-state index contributed by atoms with van der Waals surface area (Å²) in [4.78, 5) is 32.5. The molecule has 3 aromatic rings. The smallest absolute Gasteiger partial charge is 0.273 e. The molecule has 1 aromatic carbocycles. The lowest BCUT2D eigenvalue weighted by molar-refractivity contribution is -0.114. The van der Waals surface area contributed by atoms with E-state index in [1.165, 1.54) is 0 Å². The predicted octanol–water partition coefficient (Wildman–Crippen LogP) is 2.89. The van der Waals surface area contributed by atoms with Gasteiger partial charge in [0, 0.05) is 43.0 Å². The highest BCUT2D eigenvalue weighted by Crippen LogP contribution is 2.41. The molecule has 1 saturated carbocycles. The minimum atomic E-state index is -0.283. The van der Waals surface area contributed by atoms with Gasteiger partial charge in [0.25, 0.3) is 11.8 Å². The normalized spacial score (nSPS) is 21.1. The highest BCUT2D eigenvalue weighted by atomic mass is 16.5. The van der Waals surface area contributed by atoms with Crippen molar-refractivity contribution in [1.29, 1.82) is 0 Å². The lowest BCUT2D eigenvalue weighted by atomic mass is 9.81. The van der Waals surface area contributed by atoms with E-state index in [1.54, 1.807) is 24.5 Å². The molecule has 168 valence electrons. The quantitative estimate of drug-likeness (QED) is 0.650. The van der Waals surface area contributed by atoms with E-state index >= 15 is 0 Å². The summed E-state index contributed by atoms with van der Waals surface area (Å²) in [5.41, 5.74) is 2.34. The summed E-state index contributed by atoms with van der Waals surface area (Å²) in [6, 6.07) is 13.0. The molecule has 3 aliphatic rings. The van der Waals surface area contributed by atoms with Crippen molar-refractivity contribution in [2.45, 2.75) is 24.8 Å². The van der Waals surface area contributed by atoms with Crippen molar-refractivity contribution in [1.82, 2.24) is 20.4 Å². The Morgan fingerprint density at radius 2 is 1.94 bits per heavy atom. The Kier molecular flexibility index (Phi) is 4.76. The van der Waals surface area contributed by atoms with Crippen molar-refractivity contribution in [3.8, 4) is 11.1 Å². The molecule has 2 saturated heterocycles. The number of nitrogens with zero attached hydrogens (tertiary/aromatic N) is 3. The topological polar surface area (TPSA) is 97.6 Å². The second-order valence-electron chi connectivity index (χ2n) is 9.24. The van der Waals surface area contributed by atoms with E-state index in [0.717, 1.165) is 29.7 Å². The Morgan fingerprint density at radius 1 is 1.12 bits per heavy atom. The van der Waals surface area contributed by atoms with Crippen molar-refractivity contribution in [2.75, 3.05) is 26.3 Å². The number of amides is 2. The molecule has 1 aliphatic carbocycles. The molecule has 2 amide bonds. The van der Waals surface area contributed by atoms with Crippen LogP contribution in [0.4, 0.5) is 0 Å². The Bertz CT molecular complexity index is 1200. The van der Waals surface area contributed by atoms with Gasteiger partial charge in [-0.25, -0.2) is 0 Å². The number of carbonyl (C=O) groups excluding carboxylic acids is 2. The number of benzene rings is 1. The first kappa shape index (κ1) is 20.1. The molecule has 6 rings (SSSR count). The molecule has 8 nitrogen and oxygen atoms in total. The van der Waals surface area contributed by atoms with Gasteiger partial charge in [-0.1, -0.05) is 35.5 Å². The Labute approximate surface area is 190 Å². The van der Waals surface area contributed by atoms with Gasteiger partial charge in [-0.15, -0.1) is 0 Å². The van der Waals surface area contributed by atoms with Crippen molar-refractivity contribution in [3.05, 3.63) is 71.9 Å². The van der Waals surface area contributed by atoms with Gasteiger partial charge in [0.05, 0.1) is 30.2 Å². The van der Waals surface area contributed by atoms with E-state index in [1.807, 2.05) is 35.2 Å². The van der Waals surface area contributed by atoms with Gasteiger partial charge in [-0.3, -0.25) is 14.6 Å². The highest BCUT2D eigenvalue weighted by Gasteiger charge is 2.54. The van der Waals surface area contributed by atoms with E-state index in [4.69, 9.17) is 9.26 Å². The van der Waals surface area contributed by atoms with Crippen LogP contribution in [0.5, 0.6) is 0 Å². The molecular formula is C25H24N4O4. The maximum Gasteiger partial charge on any atom is 0.273 e. The van der Waals surface area contributed by atoms with E-state index in [-0.39, 0.29) is 29.0 Å². The zero-order valence-corrected chi connectivity index (χ0v) is 18.1. The first-order chi connectivity index (χ1) is 16.1. The van der Waals surface area contributed by atoms with Gasteiger partial charge >= 0.3 is 0 Å². The summed E-state index contributed by atoms with van der Waals surface area (Å²) < 4.78 is 10.8. The van der Waals surface area contributed by atoms with Crippen molar-refractivity contribution in [3.63, 3.8) is 0 Å². The van der Waals surface area contributed by atoms with Gasteiger partial charge in [-0.2, -0.15) is 0 Å². The average Bonchev–Trinajstić information content (AvgIpc) is 3.42. The number of ether oxygens (including phenoxy) is 1. The third-order valence-electron chi connectivity index (χ3n) is 6.90. The van der Waals surface area contributed by atoms with Crippen LogP contribution in [0.2, 0.25) is 0 Å². The number of hydrogen-bond acceptors (Lipinski definition) is 6. The summed E-state index contributed by atoms with van der Waals surface area (Å²) in [6.45, 7) is 1.96. The minimum absolute atomic E-state index is 0.0725. The molecule has 4 heterocycles. The fourth-order valence-corrected chi connectivity index (χ4v) is 4.77. The summed E-state index contributed by atoms with van der Waals surface area (Å²) >= 11 is 0. The Hall–Kier alpha value is -3.52. The van der Waals surface area contributed by atoms with Crippen LogP contribution in [0.15, 0.2) is 59.4 Å². The SMILES string of the molecule is O=C(NC1CN(C(=O)c2ccncc2-c2ccccc2)CC12COC2)c1cc(C2CC2)on1. The zero-order chi connectivity index (χ0) is 22.4. The summed E-state index contributed by atoms with van der Waals surface area (Å²) in [5.74, 6) is 0.822. The molecule has 2 aromatic heterocycles. The van der Waals surface area contributed by atoms with Crippen molar-refractivity contribution >= 4 is 11.8 Å². The number of aromatic nitrogens is 2. The van der Waals surface area contributed by atoms with Gasteiger partial charge in [-0.05, 0) is 24.5 Å². The standard InChI is InChI=1S/C25H24N4O4/c30-23(20-10-21(33-28-20)17-6-7-17)27-22-12-29(13-25(22)14-32-15-25)24(31)18-8-9-26-11-19(18)16-4-2-1-3-5-16/h1-5,8-11,17,22H,6-7,12-15H2,(H,27,30). The van der Waals surface area contributed by atoms with Gasteiger partial charge < -0.3 is 19.5 Å². The number of rotatable bonds is 5. The Balaban J connectivity index is 1.22. The van der Waals surface area contributed by atoms with Gasteiger partial charge in [0.1, 0.15) is 5.76 Å². The second kappa shape index (κ2) is 7.81. The minimum Gasteiger partial charge on any atom is -0.380 e. The van der Waals surface area contributed by atoms with Crippen molar-refractivity contribution < 1.29 is 18.8 Å². The molecular weight excluding hydrogens is 420 g/mol. The van der Waals surface area contributed by atoms with E-state index < -0.39 is 0 Å². The molecule has 1 N–H and O–H groups in total. The van der Waals surface area contributed by atoms with Crippen LogP contribution in [0.25, 0.3) is 11.1 Å². The third-order valence-corrected chi connectivity index (χ3v) is 6.90. The van der Waals surface area contributed by atoms with Crippen LogP contribution >= 0.6 is 0 Å². The van der Waals surface area contributed by atoms with E-state index in [9.17, 15) is 9.59 Å². The number of pyridine rings is 1. The first-order valence-corrected chi connectivity index (χ1v) is 11.3. The lowest BCUT2D eigenvalue weighted by Gasteiger charge is -2.42. The average molecular weight is 444 g/mol. The number of nitrogens with one attached hydrogen (secondary N) is 1. The maximum atomic E-state index is 13.6. The van der Waals surface area contributed by atoms with Gasteiger partial charge in [0.15, 0.2) is 5.69 Å². The van der Waals surface area contributed by atoms with Crippen LogP contribution in [-0.2, 0) is 4.74 Å². The number of carbonyl (C=O) groups is 2. The first-order valence-electron chi connectivity index (χ1n) is 11.3. The molecule has 0 radical (unpaired) electrons. The molecule has 3 fully saturated rings. The lowest BCUT2D eigenvalue weighted by Crippen LogP contribution is -2.57. The molecule has 8 heteroatoms. The predicted molar refractivity (Wildman–Crippen MR) is 119 cm³/mol. The second-order valence-corrected chi connectivity index (χ2v) is 9.24. The van der Waals surface area contributed by atoms with Crippen LogP contribution < -0.4 is 5.32 Å². The largest absolute Gasteiger partial charge is 0.380 e. The molecule has 0 bridgehead atoms. The Morgan fingerprint density at radius 3 is 2.67 bits per heavy atom. The zero-order valence-electron chi connectivity index (χ0n) is 18.1. The van der Waals surface area contributed by atoms with Gasteiger partial charge in [0.2, 0.25) is 0 Å². The molecule has 1 atom stereocenters. The van der Waals surface area contributed by atoms with Crippen LogP contribution in [0.3, 0.4) is 0 Å². The van der Waals surface area contributed by atoms with Crippen LogP contribution in [0.1, 0.15) is 45.4 Å². The molecule has 33 heavy (non-hydrogen) atoms. The summed E-state index contributed by atoms with van der Waals surface area (Å²) in [5, 5.41) is 7.05. The summed E-state index contributed by atoms with van der Waals surface area (Å²) in [7, 11) is 0. The van der Waals surface area contributed by atoms with Crippen LogP contribution in [-0.4, -0.2) is 59.2 Å². The monoisotopic (exact) mass is 444 g/mol. The van der Waals surface area contributed by atoms with Crippen molar-refractivity contribution in [2.24, 2.45) is 5.41 Å². The number of likely N-dealkylation sites (tertiary alicyclic amines) is 1. The van der Waals surface area contributed by atoms with E-state index in [0.29, 0.717) is 37.8 Å². The molecule has 1 unspecified atom stereocenters.